The summed E-state index contributed by atoms with van der Waals surface area (Å²) in [5, 5.41) is 5.37. The lowest BCUT2D eigenvalue weighted by molar-refractivity contribution is 0.408. The summed E-state index contributed by atoms with van der Waals surface area (Å²) in [6.45, 7) is 0. The zero-order valence-electron chi connectivity index (χ0n) is 10.4. The Morgan fingerprint density at radius 3 is 2.79 bits per heavy atom. The fourth-order valence-corrected chi connectivity index (χ4v) is 4.12. The molecule has 0 aliphatic carbocycles. The van der Waals surface area contributed by atoms with Crippen LogP contribution in [0.15, 0.2) is 41.1 Å². The van der Waals surface area contributed by atoms with Gasteiger partial charge in [-0.3, -0.25) is 5.84 Å². The van der Waals surface area contributed by atoms with Crippen LogP contribution in [0.1, 0.15) is 16.5 Å². The molecular formula is C14H14N2OS2. The van der Waals surface area contributed by atoms with Gasteiger partial charge in [0.05, 0.1) is 18.0 Å². The number of hydrogen-bond donors (Lipinski definition) is 2. The van der Waals surface area contributed by atoms with Crippen LogP contribution in [0.5, 0.6) is 5.75 Å². The third kappa shape index (κ3) is 2.15. The van der Waals surface area contributed by atoms with Crippen LogP contribution in [0.4, 0.5) is 0 Å². The van der Waals surface area contributed by atoms with Crippen LogP contribution in [0.2, 0.25) is 0 Å². The van der Waals surface area contributed by atoms with Crippen molar-refractivity contribution < 1.29 is 4.74 Å². The summed E-state index contributed by atoms with van der Waals surface area (Å²) in [6, 6.07) is 10.4. The predicted molar refractivity (Wildman–Crippen MR) is 81.9 cm³/mol. The number of nitrogens with two attached hydrogens (primary N) is 1. The lowest BCUT2D eigenvalue weighted by atomic mass is 10.0. The molecule has 1 unspecified atom stereocenters. The molecule has 0 aliphatic rings. The molecule has 0 saturated carbocycles. The number of nitrogens with one attached hydrogen (secondary N) is 1. The molecule has 1 atom stereocenters. The Hall–Kier alpha value is -1.40. The number of fused-ring (bicyclic) bond motifs is 1. The van der Waals surface area contributed by atoms with E-state index in [1.54, 1.807) is 29.8 Å². The fraction of sp³-hybridized carbons (Fsp3) is 0.143. The molecular weight excluding hydrogens is 276 g/mol. The van der Waals surface area contributed by atoms with E-state index in [4.69, 9.17) is 10.6 Å². The number of benzene rings is 1. The smallest absolute Gasteiger partial charge is 0.134 e. The first-order chi connectivity index (χ1) is 9.35. The molecule has 1 aromatic carbocycles. The van der Waals surface area contributed by atoms with Crippen molar-refractivity contribution in [3.05, 3.63) is 51.5 Å². The number of methoxy groups -OCH3 is 1. The number of ether oxygens (including phenoxy) is 1. The van der Waals surface area contributed by atoms with E-state index < -0.39 is 0 Å². The predicted octanol–water partition coefficient (Wildman–Crippen LogP) is 3.52. The fourth-order valence-electron chi connectivity index (χ4n) is 2.24. The van der Waals surface area contributed by atoms with Crippen LogP contribution in [-0.4, -0.2) is 7.11 Å². The SMILES string of the molecule is COc1ccsc1C(NN)c1cccc2ccsc12. The molecule has 5 heteroatoms. The highest BCUT2D eigenvalue weighted by molar-refractivity contribution is 7.17. The Morgan fingerprint density at radius 1 is 1.16 bits per heavy atom. The van der Waals surface area contributed by atoms with E-state index in [2.05, 4.69) is 35.1 Å². The van der Waals surface area contributed by atoms with Crippen LogP contribution >= 0.6 is 22.7 Å². The molecule has 0 amide bonds. The molecule has 19 heavy (non-hydrogen) atoms. The maximum atomic E-state index is 5.79. The second kappa shape index (κ2) is 5.30. The van der Waals surface area contributed by atoms with Gasteiger partial charge in [0.1, 0.15) is 5.75 Å². The van der Waals surface area contributed by atoms with Crippen LogP contribution in [0.25, 0.3) is 10.1 Å². The third-order valence-electron chi connectivity index (χ3n) is 3.13. The molecule has 0 fully saturated rings. The molecule has 3 N–H and O–H groups in total. The maximum Gasteiger partial charge on any atom is 0.134 e. The molecule has 2 aromatic heterocycles. The number of hydrogen-bond acceptors (Lipinski definition) is 5. The minimum atomic E-state index is -0.0442. The van der Waals surface area contributed by atoms with Crippen LogP contribution in [-0.2, 0) is 0 Å². The van der Waals surface area contributed by atoms with E-state index >= 15 is 0 Å². The summed E-state index contributed by atoms with van der Waals surface area (Å²) in [5.74, 6) is 6.66. The molecule has 0 radical (unpaired) electrons. The minimum Gasteiger partial charge on any atom is -0.496 e. The Morgan fingerprint density at radius 2 is 2.00 bits per heavy atom. The average Bonchev–Trinajstić information content (AvgIpc) is 3.08. The normalized spacial score (nSPS) is 12.7. The Labute approximate surface area is 119 Å². The molecule has 0 saturated heterocycles. The van der Waals surface area contributed by atoms with Gasteiger partial charge in [-0.15, -0.1) is 22.7 Å². The van der Waals surface area contributed by atoms with Gasteiger partial charge in [-0.1, -0.05) is 18.2 Å². The van der Waals surface area contributed by atoms with E-state index in [0.717, 1.165) is 10.6 Å². The Balaban J connectivity index is 2.15. The highest BCUT2D eigenvalue weighted by atomic mass is 32.1. The van der Waals surface area contributed by atoms with Gasteiger partial charge in [-0.05, 0) is 33.8 Å². The van der Waals surface area contributed by atoms with Gasteiger partial charge in [-0.2, -0.15) is 0 Å². The highest BCUT2D eigenvalue weighted by Crippen LogP contribution is 2.38. The molecule has 2 heterocycles. The van der Waals surface area contributed by atoms with Gasteiger partial charge in [0.25, 0.3) is 0 Å². The molecule has 0 aliphatic heterocycles. The van der Waals surface area contributed by atoms with E-state index in [1.165, 1.54) is 15.6 Å². The summed E-state index contributed by atoms with van der Waals surface area (Å²) in [7, 11) is 1.69. The highest BCUT2D eigenvalue weighted by Gasteiger charge is 2.20. The molecule has 3 rings (SSSR count). The van der Waals surface area contributed by atoms with Crippen molar-refractivity contribution in [3.8, 4) is 5.75 Å². The van der Waals surface area contributed by atoms with Crippen LogP contribution < -0.4 is 16.0 Å². The van der Waals surface area contributed by atoms with Crippen molar-refractivity contribution in [3.63, 3.8) is 0 Å². The summed E-state index contributed by atoms with van der Waals surface area (Å²) in [5.41, 5.74) is 4.11. The van der Waals surface area contributed by atoms with Crippen LogP contribution in [0, 0.1) is 0 Å². The van der Waals surface area contributed by atoms with Crippen molar-refractivity contribution in [1.82, 2.24) is 5.43 Å². The second-order valence-corrected chi connectivity index (χ2v) is 6.00. The minimum absolute atomic E-state index is 0.0442. The van der Waals surface area contributed by atoms with Crippen molar-refractivity contribution in [1.29, 1.82) is 0 Å². The van der Waals surface area contributed by atoms with Crippen molar-refractivity contribution in [2.24, 2.45) is 5.84 Å². The zero-order chi connectivity index (χ0) is 13.2. The maximum absolute atomic E-state index is 5.79. The van der Waals surface area contributed by atoms with E-state index in [0.29, 0.717) is 0 Å². The van der Waals surface area contributed by atoms with Gasteiger partial charge in [0.2, 0.25) is 0 Å². The first kappa shape index (κ1) is 12.6. The molecule has 3 aromatic rings. The van der Waals surface area contributed by atoms with Crippen molar-refractivity contribution >= 4 is 32.8 Å². The summed E-state index contributed by atoms with van der Waals surface area (Å²) in [4.78, 5) is 1.10. The summed E-state index contributed by atoms with van der Waals surface area (Å²) < 4.78 is 6.67. The lowest BCUT2D eigenvalue weighted by Gasteiger charge is -2.17. The lowest BCUT2D eigenvalue weighted by Crippen LogP contribution is -2.28. The van der Waals surface area contributed by atoms with E-state index in [9.17, 15) is 0 Å². The number of rotatable bonds is 4. The third-order valence-corrected chi connectivity index (χ3v) is 5.07. The zero-order valence-corrected chi connectivity index (χ0v) is 12.1. The molecule has 3 nitrogen and oxygen atoms in total. The van der Waals surface area contributed by atoms with Crippen molar-refractivity contribution in [2.45, 2.75) is 6.04 Å². The standard InChI is InChI=1S/C14H14N2OS2/c1-17-11-6-8-19-14(11)12(16-15)10-4-2-3-9-5-7-18-13(9)10/h2-8,12,16H,15H2,1H3. The largest absolute Gasteiger partial charge is 0.496 e. The van der Waals surface area contributed by atoms with Crippen molar-refractivity contribution in [2.75, 3.05) is 7.11 Å². The topological polar surface area (TPSA) is 47.3 Å². The van der Waals surface area contributed by atoms with Gasteiger partial charge in [-0.25, -0.2) is 5.43 Å². The van der Waals surface area contributed by atoms with Gasteiger partial charge < -0.3 is 4.74 Å². The van der Waals surface area contributed by atoms with Gasteiger partial charge in [0.15, 0.2) is 0 Å². The number of thiophene rings is 2. The quantitative estimate of drug-likeness (QED) is 0.571. The summed E-state index contributed by atoms with van der Waals surface area (Å²) in [6.07, 6.45) is 0. The second-order valence-electron chi connectivity index (χ2n) is 4.14. The molecule has 98 valence electrons. The Kier molecular flexibility index (Phi) is 3.52. The average molecular weight is 290 g/mol. The number of hydrazine groups is 1. The first-order valence-corrected chi connectivity index (χ1v) is 7.64. The first-order valence-electron chi connectivity index (χ1n) is 5.88. The van der Waals surface area contributed by atoms with E-state index in [-0.39, 0.29) is 6.04 Å². The van der Waals surface area contributed by atoms with Gasteiger partial charge in [0, 0.05) is 4.70 Å². The molecule has 0 bridgehead atoms. The summed E-state index contributed by atoms with van der Waals surface area (Å²) >= 11 is 3.39. The molecule has 0 spiro atoms. The van der Waals surface area contributed by atoms with E-state index in [1.807, 2.05) is 11.4 Å². The van der Waals surface area contributed by atoms with Gasteiger partial charge >= 0.3 is 0 Å². The van der Waals surface area contributed by atoms with Crippen LogP contribution in [0.3, 0.4) is 0 Å². The monoisotopic (exact) mass is 290 g/mol. The Bertz CT molecular complexity index is 689.